The highest BCUT2D eigenvalue weighted by molar-refractivity contribution is 5.93. The van der Waals surface area contributed by atoms with Gasteiger partial charge in [0.25, 0.3) is 0 Å². The second kappa shape index (κ2) is 4.25. The van der Waals surface area contributed by atoms with Crippen molar-refractivity contribution >= 4 is 28.1 Å². The van der Waals surface area contributed by atoms with Crippen LogP contribution in [0.5, 0.6) is 0 Å². The van der Waals surface area contributed by atoms with Gasteiger partial charge in [0.2, 0.25) is 0 Å². The fraction of sp³-hybridized carbons (Fsp3) is 0. The Morgan fingerprint density at radius 1 is 1.00 bits per heavy atom. The minimum atomic E-state index is 0.567. The second-order valence-electron chi connectivity index (χ2n) is 3.74. The fourth-order valence-corrected chi connectivity index (χ4v) is 1.63. The fourth-order valence-electron chi connectivity index (χ4n) is 1.63. The molecule has 0 fully saturated rings. The molecular weight excluding hydrogens is 228 g/mol. The Balaban J connectivity index is 2.03. The lowest BCUT2D eigenvalue weighted by Gasteiger charge is -1.97. The van der Waals surface area contributed by atoms with Crippen LogP contribution >= 0.6 is 0 Å². The molecule has 1 heterocycles. The number of azo groups is 1. The van der Waals surface area contributed by atoms with Gasteiger partial charge in [-0.3, -0.25) is 5.10 Å². The summed E-state index contributed by atoms with van der Waals surface area (Å²) in [4.78, 5) is 0. The van der Waals surface area contributed by atoms with E-state index >= 15 is 0 Å². The van der Waals surface area contributed by atoms with Gasteiger partial charge >= 0.3 is 0 Å². The van der Waals surface area contributed by atoms with Gasteiger partial charge in [0.05, 0.1) is 11.4 Å². The Morgan fingerprint density at radius 3 is 2.67 bits per heavy atom. The number of nitrogens with two attached hydrogens (primary N) is 1. The van der Waals surface area contributed by atoms with Crippen molar-refractivity contribution in [3.8, 4) is 0 Å². The second-order valence-corrected chi connectivity index (χ2v) is 3.74. The summed E-state index contributed by atoms with van der Waals surface area (Å²) in [7, 11) is 0. The van der Waals surface area contributed by atoms with Crippen LogP contribution in [-0.4, -0.2) is 15.4 Å². The molecular formula is C12H10N6. The van der Waals surface area contributed by atoms with Crippen molar-refractivity contribution in [1.82, 2.24) is 15.4 Å². The average Bonchev–Trinajstić information content (AvgIpc) is 2.90. The normalized spacial score (nSPS) is 11.3. The van der Waals surface area contributed by atoms with E-state index in [4.69, 9.17) is 5.73 Å². The summed E-state index contributed by atoms with van der Waals surface area (Å²) >= 11 is 0. The van der Waals surface area contributed by atoms with Gasteiger partial charge in [-0.2, -0.15) is 5.11 Å². The Morgan fingerprint density at radius 2 is 1.83 bits per heavy atom. The van der Waals surface area contributed by atoms with Crippen LogP contribution in [0, 0.1) is 0 Å². The predicted molar refractivity (Wildman–Crippen MR) is 68.9 cm³/mol. The third-order valence-electron chi connectivity index (χ3n) is 2.53. The molecule has 0 saturated heterocycles. The molecule has 0 saturated carbocycles. The zero-order chi connectivity index (χ0) is 12.4. The van der Waals surface area contributed by atoms with Crippen LogP contribution in [0.15, 0.2) is 52.7 Å². The monoisotopic (exact) mass is 238 g/mol. The summed E-state index contributed by atoms with van der Waals surface area (Å²) < 4.78 is 0. The van der Waals surface area contributed by atoms with Crippen LogP contribution in [0.1, 0.15) is 0 Å². The number of aromatic amines is 1. The molecule has 88 valence electrons. The summed E-state index contributed by atoms with van der Waals surface area (Å²) in [6, 6.07) is 13.0. The number of hydrogen-bond donors (Lipinski definition) is 2. The first kappa shape index (κ1) is 10.4. The van der Waals surface area contributed by atoms with Crippen LogP contribution in [0.25, 0.3) is 11.0 Å². The molecule has 3 N–H and O–H groups in total. The summed E-state index contributed by atoms with van der Waals surface area (Å²) in [5, 5.41) is 18.7. The molecule has 0 spiro atoms. The van der Waals surface area contributed by atoms with E-state index in [1.807, 2.05) is 30.3 Å². The summed E-state index contributed by atoms with van der Waals surface area (Å²) in [6.45, 7) is 0. The van der Waals surface area contributed by atoms with Crippen LogP contribution in [-0.2, 0) is 0 Å². The number of hydrogen-bond acceptors (Lipinski definition) is 5. The van der Waals surface area contributed by atoms with Gasteiger partial charge in [0.1, 0.15) is 16.7 Å². The number of nitrogen functional groups attached to an aromatic ring is 1. The first-order valence-electron chi connectivity index (χ1n) is 5.40. The van der Waals surface area contributed by atoms with Gasteiger partial charge in [-0.15, -0.1) is 10.2 Å². The third kappa shape index (κ3) is 1.80. The summed E-state index contributed by atoms with van der Waals surface area (Å²) in [5.74, 6) is 0. The molecule has 0 atom stereocenters. The Kier molecular flexibility index (Phi) is 2.45. The van der Waals surface area contributed by atoms with Crippen molar-refractivity contribution in [3.63, 3.8) is 0 Å². The van der Waals surface area contributed by atoms with E-state index in [2.05, 4.69) is 25.6 Å². The van der Waals surface area contributed by atoms with Crippen molar-refractivity contribution in [2.75, 3.05) is 5.73 Å². The van der Waals surface area contributed by atoms with E-state index in [1.165, 1.54) is 0 Å². The van der Waals surface area contributed by atoms with Gasteiger partial charge in [-0.05, 0) is 24.3 Å². The van der Waals surface area contributed by atoms with E-state index in [1.54, 1.807) is 12.1 Å². The molecule has 2 aromatic carbocycles. The first-order chi connectivity index (χ1) is 8.84. The zero-order valence-electron chi connectivity index (χ0n) is 9.41. The molecule has 0 unspecified atom stereocenters. The largest absolute Gasteiger partial charge is 0.397 e. The standard InChI is InChI=1S/C12H10N6/c13-9-6-7-10(12-11(9)16-18-17-12)15-14-8-4-2-1-3-5-8/h1-7H,13H2,(H,16,17,18). The highest BCUT2D eigenvalue weighted by atomic mass is 15.3. The Bertz CT molecular complexity index is 701. The van der Waals surface area contributed by atoms with Crippen LogP contribution < -0.4 is 5.73 Å². The van der Waals surface area contributed by atoms with Crippen molar-refractivity contribution in [3.05, 3.63) is 42.5 Å². The van der Waals surface area contributed by atoms with Crippen molar-refractivity contribution in [2.24, 2.45) is 10.2 Å². The highest BCUT2D eigenvalue weighted by Crippen LogP contribution is 2.28. The first-order valence-corrected chi connectivity index (χ1v) is 5.40. The van der Waals surface area contributed by atoms with Crippen molar-refractivity contribution < 1.29 is 0 Å². The van der Waals surface area contributed by atoms with E-state index in [9.17, 15) is 0 Å². The molecule has 3 aromatic rings. The number of fused-ring (bicyclic) bond motifs is 1. The number of aromatic nitrogens is 3. The van der Waals surface area contributed by atoms with Gasteiger partial charge in [-0.1, -0.05) is 23.4 Å². The number of rotatable bonds is 2. The highest BCUT2D eigenvalue weighted by Gasteiger charge is 2.06. The van der Waals surface area contributed by atoms with E-state index in [0.717, 1.165) is 5.69 Å². The van der Waals surface area contributed by atoms with Gasteiger partial charge in [0.15, 0.2) is 0 Å². The summed E-state index contributed by atoms with van der Waals surface area (Å²) in [6.07, 6.45) is 0. The molecule has 1 aromatic heterocycles. The molecule has 0 amide bonds. The third-order valence-corrected chi connectivity index (χ3v) is 2.53. The molecule has 6 nitrogen and oxygen atoms in total. The number of benzene rings is 2. The molecule has 18 heavy (non-hydrogen) atoms. The molecule has 6 heteroatoms. The number of H-pyrrole nitrogens is 1. The lowest BCUT2D eigenvalue weighted by atomic mass is 10.2. The molecule has 0 radical (unpaired) electrons. The van der Waals surface area contributed by atoms with Crippen LogP contribution in [0.2, 0.25) is 0 Å². The van der Waals surface area contributed by atoms with Crippen molar-refractivity contribution in [1.29, 1.82) is 0 Å². The minimum Gasteiger partial charge on any atom is -0.397 e. The quantitative estimate of drug-likeness (QED) is 0.531. The van der Waals surface area contributed by atoms with E-state index in [0.29, 0.717) is 22.4 Å². The maximum atomic E-state index is 5.78. The predicted octanol–water partition coefficient (Wildman–Crippen LogP) is 2.96. The maximum Gasteiger partial charge on any atom is 0.138 e. The number of nitrogens with zero attached hydrogens (tertiary/aromatic N) is 4. The topological polar surface area (TPSA) is 92.3 Å². The zero-order valence-corrected chi connectivity index (χ0v) is 9.41. The molecule has 0 aliphatic rings. The number of nitrogens with one attached hydrogen (secondary N) is 1. The summed E-state index contributed by atoms with van der Waals surface area (Å²) in [5.41, 5.74) is 9.10. The Labute approximate surface area is 103 Å². The van der Waals surface area contributed by atoms with E-state index in [-0.39, 0.29) is 0 Å². The van der Waals surface area contributed by atoms with Crippen molar-refractivity contribution in [2.45, 2.75) is 0 Å². The average molecular weight is 238 g/mol. The number of anilines is 1. The lowest BCUT2D eigenvalue weighted by molar-refractivity contribution is 0.959. The Hall–Kier alpha value is -2.76. The van der Waals surface area contributed by atoms with Gasteiger partial charge in [0, 0.05) is 0 Å². The van der Waals surface area contributed by atoms with E-state index < -0.39 is 0 Å². The SMILES string of the molecule is Nc1ccc(N=Nc2ccccc2)c2[nH]nnc12. The molecule has 3 rings (SSSR count). The molecule has 0 bridgehead atoms. The molecule has 0 aliphatic carbocycles. The minimum absolute atomic E-state index is 0.567. The van der Waals surface area contributed by atoms with Crippen LogP contribution in [0.3, 0.4) is 0 Å². The lowest BCUT2D eigenvalue weighted by Crippen LogP contribution is -1.85. The maximum absolute atomic E-state index is 5.78. The van der Waals surface area contributed by atoms with Gasteiger partial charge < -0.3 is 5.73 Å². The van der Waals surface area contributed by atoms with Gasteiger partial charge in [-0.25, -0.2) is 0 Å². The smallest absolute Gasteiger partial charge is 0.138 e. The molecule has 0 aliphatic heterocycles. The van der Waals surface area contributed by atoms with Crippen LogP contribution in [0.4, 0.5) is 17.1 Å².